The van der Waals surface area contributed by atoms with E-state index in [1.807, 2.05) is 11.6 Å². The van der Waals surface area contributed by atoms with Crippen molar-refractivity contribution in [3.05, 3.63) is 62.6 Å². The molecule has 0 aliphatic carbocycles. The van der Waals surface area contributed by atoms with Crippen molar-refractivity contribution in [1.29, 1.82) is 0 Å². The molecule has 0 saturated carbocycles. The second kappa shape index (κ2) is 6.24. The van der Waals surface area contributed by atoms with Gasteiger partial charge in [0.1, 0.15) is 10.5 Å². The van der Waals surface area contributed by atoms with E-state index in [-0.39, 0.29) is 17.1 Å². The van der Waals surface area contributed by atoms with E-state index in [9.17, 15) is 20.2 Å². The average molecular weight is 345 g/mol. The highest BCUT2D eigenvalue weighted by atomic mass is 32.2. The summed E-state index contributed by atoms with van der Waals surface area (Å²) in [5.74, 6) is 0.269. The summed E-state index contributed by atoms with van der Waals surface area (Å²) in [6, 6.07) is 5.44. The predicted molar refractivity (Wildman–Crippen MR) is 87.8 cm³/mol. The molecule has 10 heteroatoms. The van der Waals surface area contributed by atoms with E-state index in [0.717, 1.165) is 17.1 Å². The third-order valence-corrected chi connectivity index (χ3v) is 4.46. The summed E-state index contributed by atoms with van der Waals surface area (Å²) in [7, 11) is 1.84. The SMILES string of the molecule is Cn1cnc2ccnc(SCc3ccc([N+](=O)[O-])cc3[N+](=O)[O-])c21. The van der Waals surface area contributed by atoms with Gasteiger partial charge in [-0.3, -0.25) is 20.2 Å². The number of aromatic nitrogens is 3. The van der Waals surface area contributed by atoms with Crippen molar-refractivity contribution in [2.24, 2.45) is 7.05 Å². The quantitative estimate of drug-likeness (QED) is 0.396. The summed E-state index contributed by atoms with van der Waals surface area (Å²) in [6.45, 7) is 0. The fourth-order valence-corrected chi connectivity index (χ4v) is 3.33. The summed E-state index contributed by atoms with van der Waals surface area (Å²) in [4.78, 5) is 29.2. The maximum atomic E-state index is 11.2. The van der Waals surface area contributed by atoms with Gasteiger partial charge in [0.2, 0.25) is 0 Å². The Kier molecular flexibility index (Phi) is 4.13. The third-order valence-electron chi connectivity index (χ3n) is 3.43. The molecule has 122 valence electrons. The van der Waals surface area contributed by atoms with Crippen molar-refractivity contribution >= 4 is 34.2 Å². The molecule has 2 heterocycles. The smallest absolute Gasteiger partial charge is 0.280 e. The maximum absolute atomic E-state index is 11.2. The number of imidazole rings is 1. The molecule has 0 fully saturated rings. The summed E-state index contributed by atoms with van der Waals surface area (Å²) in [6.07, 6.45) is 3.30. The summed E-state index contributed by atoms with van der Waals surface area (Å²) in [5, 5.41) is 22.7. The van der Waals surface area contributed by atoms with E-state index >= 15 is 0 Å². The Hall–Kier alpha value is -3.01. The number of thioether (sulfide) groups is 1. The van der Waals surface area contributed by atoms with Crippen LogP contribution < -0.4 is 0 Å². The molecule has 0 amide bonds. The zero-order chi connectivity index (χ0) is 17.3. The van der Waals surface area contributed by atoms with Crippen molar-refractivity contribution in [1.82, 2.24) is 14.5 Å². The van der Waals surface area contributed by atoms with Gasteiger partial charge in [-0.25, -0.2) is 9.97 Å². The van der Waals surface area contributed by atoms with Crippen LogP contribution in [0, 0.1) is 20.2 Å². The summed E-state index contributed by atoms with van der Waals surface area (Å²) >= 11 is 1.32. The first-order valence-electron chi connectivity index (χ1n) is 6.78. The predicted octanol–water partition coefficient (Wildman–Crippen LogP) is 3.08. The van der Waals surface area contributed by atoms with Crippen LogP contribution in [0.3, 0.4) is 0 Å². The first-order chi connectivity index (χ1) is 11.5. The Bertz CT molecular complexity index is 955. The second-order valence-corrected chi connectivity index (χ2v) is 5.92. The van der Waals surface area contributed by atoms with Gasteiger partial charge in [-0.15, -0.1) is 0 Å². The zero-order valence-electron chi connectivity index (χ0n) is 12.4. The molecule has 0 unspecified atom stereocenters. The zero-order valence-corrected chi connectivity index (χ0v) is 13.3. The van der Waals surface area contributed by atoms with Crippen molar-refractivity contribution in [2.45, 2.75) is 10.8 Å². The fourth-order valence-electron chi connectivity index (χ4n) is 2.28. The maximum Gasteiger partial charge on any atom is 0.280 e. The number of hydrogen-bond donors (Lipinski definition) is 0. The van der Waals surface area contributed by atoms with Crippen molar-refractivity contribution in [3.63, 3.8) is 0 Å². The van der Waals surface area contributed by atoms with Gasteiger partial charge in [-0.2, -0.15) is 0 Å². The van der Waals surface area contributed by atoms with Crippen LogP contribution in [-0.2, 0) is 12.8 Å². The van der Waals surface area contributed by atoms with Crippen LogP contribution in [0.15, 0.2) is 41.8 Å². The van der Waals surface area contributed by atoms with Crippen LogP contribution in [0.2, 0.25) is 0 Å². The van der Waals surface area contributed by atoms with Gasteiger partial charge in [-0.05, 0) is 12.1 Å². The Labute approximate surface area is 139 Å². The van der Waals surface area contributed by atoms with Crippen LogP contribution in [0.1, 0.15) is 5.56 Å². The van der Waals surface area contributed by atoms with Crippen LogP contribution in [0.4, 0.5) is 11.4 Å². The number of hydrogen-bond acceptors (Lipinski definition) is 7. The van der Waals surface area contributed by atoms with Crippen molar-refractivity contribution in [3.8, 4) is 0 Å². The minimum Gasteiger partial charge on any atom is -0.332 e. The molecule has 0 spiro atoms. The lowest BCUT2D eigenvalue weighted by Gasteiger charge is -2.05. The Morgan fingerprint density at radius 3 is 2.67 bits per heavy atom. The van der Waals surface area contributed by atoms with E-state index < -0.39 is 9.85 Å². The molecule has 3 rings (SSSR count). The Morgan fingerprint density at radius 1 is 1.17 bits per heavy atom. The van der Waals surface area contributed by atoms with Gasteiger partial charge >= 0.3 is 0 Å². The lowest BCUT2D eigenvalue weighted by atomic mass is 10.2. The van der Waals surface area contributed by atoms with E-state index in [4.69, 9.17) is 0 Å². The second-order valence-electron chi connectivity index (χ2n) is 4.96. The molecule has 0 aliphatic rings. The molecular weight excluding hydrogens is 334 g/mol. The third kappa shape index (κ3) is 2.91. The lowest BCUT2D eigenvalue weighted by Crippen LogP contribution is -1.97. The van der Waals surface area contributed by atoms with Crippen molar-refractivity contribution < 1.29 is 9.85 Å². The van der Waals surface area contributed by atoms with Gasteiger partial charge in [0.05, 0.1) is 27.8 Å². The highest BCUT2D eigenvalue weighted by Crippen LogP contribution is 2.32. The molecule has 0 N–H and O–H groups in total. The number of non-ortho nitro benzene ring substituents is 1. The van der Waals surface area contributed by atoms with Crippen LogP contribution in [0.5, 0.6) is 0 Å². The van der Waals surface area contributed by atoms with Crippen LogP contribution >= 0.6 is 11.8 Å². The standard InChI is InChI=1S/C14H11N5O4S/c1-17-8-16-11-4-5-15-14(13(11)17)24-7-9-2-3-10(18(20)21)6-12(9)19(22)23/h2-6,8H,7H2,1H3. The van der Waals surface area contributed by atoms with Crippen LogP contribution in [-0.4, -0.2) is 24.4 Å². The number of rotatable bonds is 5. The molecule has 0 saturated heterocycles. The molecule has 0 atom stereocenters. The number of fused-ring (bicyclic) bond motifs is 1. The van der Waals surface area contributed by atoms with Crippen LogP contribution in [0.25, 0.3) is 11.0 Å². The number of nitro benzene ring substituents is 2. The number of nitrogens with zero attached hydrogens (tertiary/aromatic N) is 5. The Morgan fingerprint density at radius 2 is 1.96 bits per heavy atom. The molecule has 0 aliphatic heterocycles. The minimum atomic E-state index is -0.651. The van der Waals surface area contributed by atoms with Gasteiger partial charge in [0.25, 0.3) is 11.4 Å². The first-order valence-corrected chi connectivity index (χ1v) is 7.76. The number of nitro groups is 2. The Balaban J connectivity index is 1.92. The molecule has 0 bridgehead atoms. The molecule has 1 aromatic carbocycles. The molecule has 9 nitrogen and oxygen atoms in total. The largest absolute Gasteiger partial charge is 0.332 e. The molecule has 2 aromatic heterocycles. The monoisotopic (exact) mass is 345 g/mol. The fraction of sp³-hybridized carbons (Fsp3) is 0.143. The van der Waals surface area contributed by atoms with Gasteiger partial charge in [0.15, 0.2) is 0 Å². The number of pyridine rings is 1. The molecule has 0 radical (unpaired) electrons. The average Bonchev–Trinajstić information content (AvgIpc) is 2.94. The van der Waals surface area contributed by atoms with E-state index in [1.54, 1.807) is 18.6 Å². The summed E-state index contributed by atoms with van der Waals surface area (Å²) in [5.41, 5.74) is 1.45. The normalized spacial score (nSPS) is 10.9. The van der Waals surface area contributed by atoms with Crippen molar-refractivity contribution in [2.75, 3.05) is 0 Å². The van der Waals surface area contributed by atoms with E-state index in [1.165, 1.54) is 23.9 Å². The lowest BCUT2D eigenvalue weighted by molar-refractivity contribution is -0.394. The van der Waals surface area contributed by atoms with Gasteiger partial charge in [0, 0.05) is 30.6 Å². The molecule has 3 aromatic rings. The van der Waals surface area contributed by atoms with E-state index in [2.05, 4.69) is 9.97 Å². The number of benzene rings is 1. The summed E-state index contributed by atoms with van der Waals surface area (Å²) < 4.78 is 1.83. The first kappa shape index (κ1) is 15.9. The number of aryl methyl sites for hydroxylation is 1. The molecular formula is C14H11N5O4S. The molecule has 24 heavy (non-hydrogen) atoms. The van der Waals surface area contributed by atoms with E-state index in [0.29, 0.717) is 10.6 Å². The topological polar surface area (TPSA) is 117 Å². The minimum absolute atomic E-state index is 0.269. The highest BCUT2D eigenvalue weighted by molar-refractivity contribution is 7.98. The van der Waals surface area contributed by atoms with Gasteiger partial charge < -0.3 is 4.57 Å². The highest BCUT2D eigenvalue weighted by Gasteiger charge is 2.20. The van der Waals surface area contributed by atoms with Gasteiger partial charge in [-0.1, -0.05) is 11.8 Å².